The number of aromatic nitrogens is 1. The van der Waals surface area contributed by atoms with Gasteiger partial charge in [0, 0.05) is 6.20 Å². The molecule has 0 aliphatic carbocycles. The Morgan fingerprint density at radius 2 is 1.82 bits per heavy atom. The SMILES string of the molecule is C[C@@H](NC(=O)c1cc(S(=O)(=O)Nc2ccccc2F)c[nH]1)c1cccc(F)c1. The monoisotopic (exact) mass is 405 g/mol. The Hall–Kier alpha value is -3.20. The number of rotatable bonds is 6. The molecule has 0 fully saturated rings. The van der Waals surface area contributed by atoms with Gasteiger partial charge in [0.05, 0.1) is 11.7 Å². The second kappa shape index (κ2) is 7.81. The molecule has 0 spiro atoms. The van der Waals surface area contributed by atoms with Crippen LogP contribution < -0.4 is 10.0 Å². The predicted octanol–water partition coefficient (Wildman–Crippen LogP) is 3.58. The molecular formula is C19H17F2N3O3S. The van der Waals surface area contributed by atoms with Gasteiger partial charge in [-0.25, -0.2) is 17.2 Å². The van der Waals surface area contributed by atoms with E-state index in [-0.39, 0.29) is 16.3 Å². The predicted molar refractivity (Wildman–Crippen MR) is 100 cm³/mol. The summed E-state index contributed by atoms with van der Waals surface area (Å²) in [6.45, 7) is 1.67. The highest BCUT2D eigenvalue weighted by Crippen LogP contribution is 2.20. The molecule has 1 aromatic heterocycles. The maximum Gasteiger partial charge on any atom is 0.268 e. The van der Waals surface area contributed by atoms with Crippen LogP contribution in [0.15, 0.2) is 65.7 Å². The highest BCUT2D eigenvalue weighted by Gasteiger charge is 2.21. The average Bonchev–Trinajstić information content (AvgIpc) is 3.15. The molecule has 1 heterocycles. The number of hydrogen-bond acceptors (Lipinski definition) is 3. The Labute approximate surface area is 160 Å². The quantitative estimate of drug-likeness (QED) is 0.585. The minimum Gasteiger partial charge on any atom is -0.356 e. The molecule has 1 amide bonds. The summed E-state index contributed by atoms with van der Waals surface area (Å²) in [5.74, 6) is -1.71. The van der Waals surface area contributed by atoms with E-state index in [4.69, 9.17) is 0 Å². The smallest absolute Gasteiger partial charge is 0.268 e. The van der Waals surface area contributed by atoms with Crippen LogP contribution in [0.1, 0.15) is 29.0 Å². The summed E-state index contributed by atoms with van der Waals surface area (Å²) in [4.78, 5) is 14.7. The molecular weight excluding hydrogens is 388 g/mol. The van der Waals surface area contributed by atoms with Crippen molar-refractivity contribution in [2.24, 2.45) is 0 Å². The first-order valence-corrected chi connectivity index (χ1v) is 9.76. The Bertz CT molecular complexity index is 1110. The molecule has 0 aliphatic heterocycles. The molecule has 28 heavy (non-hydrogen) atoms. The molecule has 0 bridgehead atoms. The Morgan fingerprint density at radius 1 is 1.07 bits per heavy atom. The molecule has 0 radical (unpaired) electrons. The van der Waals surface area contributed by atoms with Gasteiger partial charge in [-0.05, 0) is 42.8 Å². The number of carbonyl (C=O) groups excluding carboxylic acids is 1. The van der Waals surface area contributed by atoms with E-state index in [1.54, 1.807) is 13.0 Å². The minimum absolute atomic E-state index is 0.00263. The van der Waals surface area contributed by atoms with E-state index in [1.165, 1.54) is 36.4 Å². The van der Waals surface area contributed by atoms with Crippen LogP contribution in [0.4, 0.5) is 14.5 Å². The first-order chi connectivity index (χ1) is 13.3. The fraction of sp³-hybridized carbons (Fsp3) is 0.105. The third kappa shape index (κ3) is 4.37. The number of para-hydroxylation sites is 1. The first kappa shape index (κ1) is 19.6. The van der Waals surface area contributed by atoms with E-state index in [0.29, 0.717) is 5.56 Å². The lowest BCUT2D eigenvalue weighted by Gasteiger charge is -2.13. The molecule has 0 saturated heterocycles. The van der Waals surface area contributed by atoms with E-state index in [9.17, 15) is 22.0 Å². The number of hydrogen-bond donors (Lipinski definition) is 3. The van der Waals surface area contributed by atoms with Crippen LogP contribution >= 0.6 is 0 Å². The maximum absolute atomic E-state index is 13.7. The van der Waals surface area contributed by atoms with Crippen LogP contribution in [0.5, 0.6) is 0 Å². The summed E-state index contributed by atoms with van der Waals surface area (Å²) in [6, 6.07) is 11.8. The van der Waals surface area contributed by atoms with Gasteiger partial charge in [-0.1, -0.05) is 24.3 Å². The van der Waals surface area contributed by atoms with Crippen LogP contribution in [-0.4, -0.2) is 19.3 Å². The van der Waals surface area contributed by atoms with Crippen molar-refractivity contribution < 1.29 is 22.0 Å². The van der Waals surface area contributed by atoms with Gasteiger partial charge >= 0.3 is 0 Å². The van der Waals surface area contributed by atoms with Gasteiger partial charge in [0.2, 0.25) is 0 Å². The lowest BCUT2D eigenvalue weighted by Crippen LogP contribution is -2.27. The van der Waals surface area contributed by atoms with Gasteiger partial charge in [-0.2, -0.15) is 0 Å². The Balaban J connectivity index is 1.74. The summed E-state index contributed by atoms with van der Waals surface area (Å²) in [5, 5.41) is 2.65. The van der Waals surface area contributed by atoms with Gasteiger partial charge in [-0.3, -0.25) is 9.52 Å². The van der Waals surface area contributed by atoms with Crippen molar-refractivity contribution in [2.45, 2.75) is 17.9 Å². The number of benzene rings is 2. The van der Waals surface area contributed by atoms with Crippen molar-refractivity contribution in [1.82, 2.24) is 10.3 Å². The molecule has 1 atom stereocenters. The standard InChI is InChI=1S/C19H17F2N3O3S/c1-12(13-5-4-6-14(20)9-13)23-19(25)18-10-15(11-22-18)28(26,27)24-17-8-3-2-7-16(17)21/h2-12,22,24H,1H3,(H,23,25)/t12-/m1/s1. The number of carbonyl (C=O) groups is 1. The fourth-order valence-electron chi connectivity index (χ4n) is 2.54. The third-order valence-corrected chi connectivity index (χ3v) is 5.37. The zero-order chi connectivity index (χ0) is 20.3. The zero-order valence-electron chi connectivity index (χ0n) is 14.7. The summed E-state index contributed by atoms with van der Waals surface area (Å²) < 4.78 is 53.9. The maximum atomic E-state index is 13.7. The van der Waals surface area contributed by atoms with Crippen molar-refractivity contribution in [1.29, 1.82) is 0 Å². The lowest BCUT2D eigenvalue weighted by molar-refractivity contribution is 0.0935. The minimum atomic E-state index is -4.09. The zero-order valence-corrected chi connectivity index (χ0v) is 15.6. The summed E-state index contributed by atoms with van der Waals surface area (Å²) in [7, 11) is -4.09. The topological polar surface area (TPSA) is 91.1 Å². The number of nitrogens with one attached hydrogen (secondary N) is 3. The average molecular weight is 405 g/mol. The van der Waals surface area contributed by atoms with E-state index in [2.05, 4.69) is 15.0 Å². The molecule has 6 nitrogen and oxygen atoms in total. The molecule has 2 aromatic carbocycles. The second-order valence-electron chi connectivity index (χ2n) is 6.08. The molecule has 0 unspecified atom stereocenters. The molecule has 3 rings (SSSR count). The van der Waals surface area contributed by atoms with Crippen LogP contribution in [0.3, 0.4) is 0 Å². The lowest BCUT2D eigenvalue weighted by atomic mass is 10.1. The van der Waals surface area contributed by atoms with E-state index in [1.807, 2.05) is 0 Å². The van der Waals surface area contributed by atoms with Gasteiger partial charge in [0.25, 0.3) is 15.9 Å². The highest BCUT2D eigenvalue weighted by molar-refractivity contribution is 7.92. The van der Waals surface area contributed by atoms with Crippen molar-refractivity contribution in [3.05, 3.63) is 83.7 Å². The molecule has 0 saturated carbocycles. The number of aromatic amines is 1. The van der Waals surface area contributed by atoms with E-state index in [0.717, 1.165) is 18.3 Å². The number of halogens is 2. The second-order valence-corrected chi connectivity index (χ2v) is 7.77. The number of anilines is 1. The number of sulfonamides is 1. The largest absolute Gasteiger partial charge is 0.356 e. The summed E-state index contributed by atoms with van der Waals surface area (Å²) >= 11 is 0. The van der Waals surface area contributed by atoms with Crippen molar-refractivity contribution in [2.75, 3.05) is 4.72 Å². The van der Waals surface area contributed by atoms with Crippen molar-refractivity contribution in [3.8, 4) is 0 Å². The van der Waals surface area contributed by atoms with Crippen molar-refractivity contribution in [3.63, 3.8) is 0 Å². The molecule has 3 N–H and O–H groups in total. The van der Waals surface area contributed by atoms with Crippen molar-refractivity contribution >= 4 is 21.6 Å². The molecule has 0 aliphatic rings. The first-order valence-electron chi connectivity index (χ1n) is 8.28. The highest BCUT2D eigenvalue weighted by atomic mass is 32.2. The van der Waals surface area contributed by atoms with E-state index < -0.39 is 33.6 Å². The van der Waals surface area contributed by atoms with Gasteiger partial charge < -0.3 is 10.3 Å². The number of amides is 1. The third-order valence-electron chi connectivity index (χ3n) is 4.03. The van der Waals surface area contributed by atoms with Gasteiger partial charge in [-0.15, -0.1) is 0 Å². The number of H-pyrrole nitrogens is 1. The fourth-order valence-corrected chi connectivity index (χ4v) is 3.60. The summed E-state index contributed by atoms with van der Waals surface area (Å²) in [6.07, 6.45) is 1.13. The van der Waals surface area contributed by atoms with Crippen LogP contribution in [0, 0.1) is 11.6 Å². The molecule has 146 valence electrons. The molecule has 9 heteroatoms. The Morgan fingerprint density at radius 3 is 2.54 bits per heavy atom. The van der Waals surface area contributed by atoms with Crippen LogP contribution in [0.2, 0.25) is 0 Å². The van der Waals surface area contributed by atoms with Gasteiger partial charge in [0.15, 0.2) is 0 Å². The van der Waals surface area contributed by atoms with E-state index >= 15 is 0 Å². The normalized spacial score (nSPS) is 12.4. The van der Waals surface area contributed by atoms with Crippen LogP contribution in [-0.2, 0) is 10.0 Å². The summed E-state index contributed by atoms with van der Waals surface area (Å²) in [5.41, 5.74) is 0.362. The van der Waals surface area contributed by atoms with Crippen LogP contribution in [0.25, 0.3) is 0 Å². The molecule has 3 aromatic rings. The Kier molecular flexibility index (Phi) is 5.46. The van der Waals surface area contributed by atoms with Gasteiger partial charge in [0.1, 0.15) is 22.2 Å².